The molecule has 0 bridgehead atoms. The molecule has 2 amide bonds. The molecule has 1 rings (SSSR count). The standard InChI is InChI=1S/C12H16N2O5/c1-3-18-11(17)12(10(13)16,14-8(2)15)7-9-5-4-6-19-9/h4-6H,3,7H2,1-2H3,(H2,13,16)(H,14,15). The molecule has 104 valence electrons. The number of hydrogen-bond acceptors (Lipinski definition) is 5. The molecule has 0 aliphatic carbocycles. The van der Waals surface area contributed by atoms with Crippen molar-refractivity contribution in [1.82, 2.24) is 5.32 Å². The summed E-state index contributed by atoms with van der Waals surface area (Å²) in [6, 6.07) is 3.17. The zero-order chi connectivity index (χ0) is 14.5. The van der Waals surface area contributed by atoms with Crippen LogP contribution in [-0.4, -0.2) is 29.9 Å². The normalized spacial score (nSPS) is 13.4. The molecule has 0 saturated carbocycles. The third kappa shape index (κ3) is 3.34. The van der Waals surface area contributed by atoms with E-state index in [-0.39, 0.29) is 13.0 Å². The number of hydrogen-bond donors (Lipinski definition) is 2. The minimum Gasteiger partial charge on any atom is -0.469 e. The van der Waals surface area contributed by atoms with Gasteiger partial charge >= 0.3 is 5.97 Å². The van der Waals surface area contributed by atoms with Crippen LogP contribution < -0.4 is 11.1 Å². The summed E-state index contributed by atoms with van der Waals surface area (Å²) in [6.45, 7) is 2.83. The topological polar surface area (TPSA) is 112 Å². The molecular formula is C12H16N2O5. The minimum absolute atomic E-state index is 0.0611. The van der Waals surface area contributed by atoms with Gasteiger partial charge in [0.25, 0.3) is 5.91 Å². The molecule has 19 heavy (non-hydrogen) atoms. The largest absolute Gasteiger partial charge is 0.469 e. The van der Waals surface area contributed by atoms with Gasteiger partial charge in [0.05, 0.1) is 12.9 Å². The predicted molar refractivity (Wildman–Crippen MR) is 64.8 cm³/mol. The maximum absolute atomic E-state index is 12.0. The third-order valence-corrected chi connectivity index (χ3v) is 2.45. The van der Waals surface area contributed by atoms with Crippen molar-refractivity contribution in [3.8, 4) is 0 Å². The molecule has 0 fully saturated rings. The van der Waals surface area contributed by atoms with Crippen LogP contribution in [0.15, 0.2) is 22.8 Å². The zero-order valence-electron chi connectivity index (χ0n) is 10.8. The number of ether oxygens (including phenoxy) is 1. The Bertz CT molecular complexity index is 468. The number of primary amides is 1. The number of carbonyl (C=O) groups is 3. The number of carbonyl (C=O) groups excluding carboxylic acids is 3. The van der Waals surface area contributed by atoms with Gasteiger partial charge in [0.2, 0.25) is 11.4 Å². The molecular weight excluding hydrogens is 252 g/mol. The lowest BCUT2D eigenvalue weighted by Crippen LogP contribution is -2.64. The molecule has 0 saturated heterocycles. The van der Waals surface area contributed by atoms with Crippen molar-refractivity contribution < 1.29 is 23.5 Å². The summed E-state index contributed by atoms with van der Waals surface area (Å²) in [6.07, 6.45) is 1.19. The van der Waals surface area contributed by atoms with Gasteiger partial charge in [0.1, 0.15) is 5.76 Å². The first kappa shape index (κ1) is 14.7. The maximum atomic E-state index is 12.0. The molecule has 1 unspecified atom stereocenters. The molecule has 7 heteroatoms. The van der Waals surface area contributed by atoms with E-state index in [4.69, 9.17) is 14.9 Å². The van der Waals surface area contributed by atoms with Gasteiger partial charge in [-0.1, -0.05) is 0 Å². The second-order valence-corrected chi connectivity index (χ2v) is 3.93. The average molecular weight is 268 g/mol. The lowest BCUT2D eigenvalue weighted by atomic mass is 9.92. The highest BCUT2D eigenvalue weighted by molar-refractivity contribution is 6.09. The molecule has 1 atom stereocenters. The van der Waals surface area contributed by atoms with E-state index in [2.05, 4.69) is 5.32 Å². The first-order valence-electron chi connectivity index (χ1n) is 5.70. The van der Waals surface area contributed by atoms with E-state index in [0.717, 1.165) is 0 Å². The van der Waals surface area contributed by atoms with E-state index in [0.29, 0.717) is 5.76 Å². The Labute approximate surface area is 110 Å². The van der Waals surface area contributed by atoms with E-state index < -0.39 is 23.3 Å². The van der Waals surface area contributed by atoms with Crippen LogP contribution in [-0.2, 0) is 25.5 Å². The van der Waals surface area contributed by atoms with Gasteiger partial charge in [-0.25, -0.2) is 4.79 Å². The van der Waals surface area contributed by atoms with Crippen molar-refractivity contribution in [2.75, 3.05) is 6.61 Å². The van der Waals surface area contributed by atoms with Crippen LogP contribution >= 0.6 is 0 Å². The van der Waals surface area contributed by atoms with Crippen molar-refractivity contribution in [2.24, 2.45) is 5.73 Å². The highest BCUT2D eigenvalue weighted by atomic mass is 16.5. The molecule has 0 aliphatic heterocycles. The number of furan rings is 1. The number of nitrogens with one attached hydrogen (secondary N) is 1. The Morgan fingerprint density at radius 2 is 2.16 bits per heavy atom. The van der Waals surface area contributed by atoms with E-state index in [9.17, 15) is 14.4 Å². The van der Waals surface area contributed by atoms with Crippen LogP contribution in [0.3, 0.4) is 0 Å². The summed E-state index contributed by atoms with van der Waals surface area (Å²) >= 11 is 0. The lowest BCUT2D eigenvalue weighted by Gasteiger charge is -2.27. The van der Waals surface area contributed by atoms with Crippen molar-refractivity contribution in [3.63, 3.8) is 0 Å². The number of nitrogens with two attached hydrogens (primary N) is 1. The average Bonchev–Trinajstić information content (AvgIpc) is 2.80. The minimum atomic E-state index is -1.96. The van der Waals surface area contributed by atoms with Crippen molar-refractivity contribution in [3.05, 3.63) is 24.2 Å². The Hall–Kier alpha value is -2.31. The smallest absolute Gasteiger partial charge is 0.342 e. The Morgan fingerprint density at radius 1 is 1.47 bits per heavy atom. The van der Waals surface area contributed by atoms with Crippen molar-refractivity contribution in [2.45, 2.75) is 25.8 Å². The Morgan fingerprint density at radius 3 is 2.58 bits per heavy atom. The summed E-state index contributed by atoms with van der Waals surface area (Å²) in [5.74, 6) is -2.15. The van der Waals surface area contributed by atoms with Crippen molar-refractivity contribution in [1.29, 1.82) is 0 Å². The van der Waals surface area contributed by atoms with Gasteiger partial charge in [-0.3, -0.25) is 9.59 Å². The molecule has 1 aromatic rings. The quantitative estimate of drug-likeness (QED) is 0.545. The fraction of sp³-hybridized carbons (Fsp3) is 0.417. The number of rotatable bonds is 6. The zero-order valence-corrected chi connectivity index (χ0v) is 10.8. The predicted octanol–water partition coefficient (Wildman–Crippen LogP) is -0.255. The van der Waals surface area contributed by atoms with Gasteiger partial charge in [0, 0.05) is 13.3 Å². The fourth-order valence-electron chi connectivity index (χ4n) is 1.65. The monoisotopic (exact) mass is 268 g/mol. The second kappa shape index (κ2) is 6.03. The molecule has 0 radical (unpaired) electrons. The molecule has 1 aromatic heterocycles. The van der Waals surface area contributed by atoms with Crippen LogP contribution in [0.4, 0.5) is 0 Å². The van der Waals surface area contributed by atoms with Crippen LogP contribution in [0, 0.1) is 0 Å². The first-order chi connectivity index (χ1) is 8.92. The number of esters is 1. The highest BCUT2D eigenvalue weighted by Crippen LogP contribution is 2.16. The van der Waals surface area contributed by atoms with Crippen molar-refractivity contribution >= 4 is 17.8 Å². The molecule has 7 nitrogen and oxygen atoms in total. The van der Waals surface area contributed by atoms with E-state index >= 15 is 0 Å². The van der Waals surface area contributed by atoms with E-state index in [1.165, 1.54) is 13.2 Å². The Balaban J connectivity index is 3.14. The maximum Gasteiger partial charge on any atom is 0.342 e. The molecule has 0 aromatic carbocycles. The highest BCUT2D eigenvalue weighted by Gasteiger charge is 2.47. The first-order valence-corrected chi connectivity index (χ1v) is 5.70. The molecule has 0 aliphatic rings. The third-order valence-electron chi connectivity index (χ3n) is 2.45. The molecule has 0 spiro atoms. The van der Waals surface area contributed by atoms with E-state index in [1.54, 1.807) is 19.1 Å². The van der Waals surface area contributed by atoms with Crippen LogP contribution in [0.5, 0.6) is 0 Å². The summed E-state index contributed by atoms with van der Waals surface area (Å²) in [4.78, 5) is 34.9. The lowest BCUT2D eigenvalue weighted by molar-refractivity contribution is -0.157. The summed E-state index contributed by atoms with van der Waals surface area (Å²) in [7, 11) is 0. The summed E-state index contributed by atoms with van der Waals surface area (Å²) < 4.78 is 9.90. The number of amides is 2. The van der Waals surface area contributed by atoms with Crippen LogP contribution in [0.2, 0.25) is 0 Å². The summed E-state index contributed by atoms with van der Waals surface area (Å²) in [5, 5.41) is 2.27. The Kier molecular flexibility index (Phi) is 4.68. The second-order valence-electron chi connectivity index (χ2n) is 3.93. The van der Waals surface area contributed by atoms with Gasteiger partial charge in [0.15, 0.2) is 0 Å². The van der Waals surface area contributed by atoms with Gasteiger partial charge in [-0.05, 0) is 19.1 Å². The summed E-state index contributed by atoms with van der Waals surface area (Å²) in [5.41, 5.74) is 3.31. The molecule has 3 N–H and O–H groups in total. The van der Waals surface area contributed by atoms with Gasteiger partial charge in [-0.2, -0.15) is 0 Å². The van der Waals surface area contributed by atoms with Crippen LogP contribution in [0.1, 0.15) is 19.6 Å². The molecule has 1 heterocycles. The van der Waals surface area contributed by atoms with Gasteiger partial charge in [-0.15, -0.1) is 0 Å². The SMILES string of the molecule is CCOC(=O)C(Cc1ccco1)(NC(C)=O)C(N)=O. The van der Waals surface area contributed by atoms with E-state index in [1.807, 2.05) is 0 Å². The van der Waals surface area contributed by atoms with Crippen LogP contribution in [0.25, 0.3) is 0 Å². The van der Waals surface area contributed by atoms with Gasteiger partial charge < -0.3 is 20.2 Å². The fourth-order valence-corrected chi connectivity index (χ4v) is 1.65.